The fourth-order valence-corrected chi connectivity index (χ4v) is 5.53. The molecule has 1 fully saturated rings. The Labute approximate surface area is 175 Å². The van der Waals surface area contributed by atoms with Crippen molar-refractivity contribution in [2.24, 2.45) is 4.99 Å². The van der Waals surface area contributed by atoms with Gasteiger partial charge in [-0.15, -0.1) is 11.3 Å². The normalized spacial score (nSPS) is 17.3. The maximum atomic E-state index is 13.2. The number of carbonyl (C=O) groups is 1. The van der Waals surface area contributed by atoms with Gasteiger partial charge in [0.25, 0.3) is 5.91 Å². The molecule has 1 aromatic heterocycles. The molecule has 29 heavy (non-hydrogen) atoms. The summed E-state index contributed by atoms with van der Waals surface area (Å²) in [6.07, 6.45) is 11.8. The number of amides is 1. The first-order chi connectivity index (χ1) is 14.2. The number of aliphatic imine (C=N–C) groups is 1. The average Bonchev–Trinajstić information content (AvgIpc) is 3.11. The third kappa shape index (κ3) is 4.47. The number of fused-ring (bicyclic) bond motifs is 1. The van der Waals surface area contributed by atoms with Crippen molar-refractivity contribution < 1.29 is 14.6 Å². The van der Waals surface area contributed by atoms with Crippen molar-refractivity contribution in [2.45, 2.75) is 63.8 Å². The Morgan fingerprint density at radius 1 is 1.21 bits per heavy atom. The van der Waals surface area contributed by atoms with E-state index in [0.717, 1.165) is 48.2 Å². The van der Waals surface area contributed by atoms with Gasteiger partial charge < -0.3 is 15.2 Å². The van der Waals surface area contributed by atoms with E-state index in [0.29, 0.717) is 5.75 Å². The van der Waals surface area contributed by atoms with Crippen LogP contribution in [0.2, 0.25) is 0 Å². The number of thiophene rings is 1. The lowest BCUT2D eigenvalue weighted by atomic mass is 9.93. The van der Waals surface area contributed by atoms with E-state index < -0.39 is 0 Å². The van der Waals surface area contributed by atoms with Gasteiger partial charge >= 0.3 is 0 Å². The predicted octanol–water partition coefficient (Wildman–Crippen LogP) is 5.15. The molecular weight excluding hydrogens is 384 g/mol. The molecule has 6 heteroatoms. The quantitative estimate of drug-likeness (QED) is 0.667. The molecule has 2 N–H and O–H groups in total. The van der Waals surface area contributed by atoms with E-state index in [1.54, 1.807) is 29.7 Å². The van der Waals surface area contributed by atoms with Gasteiger partial charge in [-0.1, -0.05) is 19.3 Å². The number of nitrogens with one attached hydrogen (secondary N) is 1. The van der Waals surface area contributed by atoms with Crippen LogP contribution in [-0.2, 0) is 12.8 Å². The second-order valence-electron chi connectivity index (χ2n) is 7.89. The van der Waals surface area contributed by atoms with Crippen LogP contribution < -0.4 is 10.1 Å². The van der Waals surface area contributed by atoms with Crippen molar-refractivity contribution in [2.75, 3.05) is 7.11 Å². The molecule has 0 unspecified atom stereocenters. The zero-order valence-electron chi connectivity index (χ0n) is 16.9. The van der Waals surface area contributed by atoms with Crippen molar-refractivity contribution in [3.63, 3.8) is 0 Å². The summed E-state index contributed by atoms with van der Waals surface area (Å²) in [7, 11) is 1.52. The molecule has 2 aromatic rings. The number of ether oxygens (including phenoxy) is 1. The van der Waals surface area contributed by atoms with E-state index in [2.05, 4.69) is 10.3 Å². The van der Waals surface area contributed by atoms with E-state index in [4.69, 9.17) is 4.74 Å². The van der Waals surface area contributed by atoms with Crippen molar-refractivity contribution >= 4 is 28.5 Å². The maximum Gasteiger partial charge on any atom is 0.254 e. The second kappa shape index (κ2) is 8.99. The highest BCUT2D eigenvalue weighted by Gasteiger charge is 2.27. The second-order valence-corrected chi connectivity index (χ2v) is 8.97. The van der Waals surface area contributed by atoms with Gasteiger partial charge in [0, 0.05) is 17.1 Å². The van der Waals surface area contributed by atoms with Crippen LogP contribution in [0.1, 0.15) is 71.3 Å². The maximum absolute atomic E-state index is 13.2. The minimum atomic E-state index is 0.0287. The average molecular weight is 413 g/mol. The lowest BCUT2D eigenvalue weighted by molar-refractivity contribution is 0.0927. The van der Waals surface area contributed by atoms with Crippen LogP contribution in [-0.4, -0.2) is 30.4 Å². The lowest BCUT2D eigenvalue weighted by Crippen LogP contribution is -2.36. The zero-order chi connectivity index (χ0) is 20.2. The molecular formula is C23H28N2O3S. The summed E-state index contributed by atoms with van der Waals surface area (Å²) < 4.78 is 5.10. The Morgan fingerprint density at radius 3 is 2.76 bits per heavy atom. The molecule has 0 spiro atoms. The summed E-state index contributed by atoms with van der Waals surface area (Å²) in [5, 5.41) is 14.0. The largest absolute Gasteiger partial charge is 0.504 e. The number of benzene rings is 1. The Kier molecular flexibility index (Phi) is 6.19. The first-order valence-corrected chi connectivity index (χ1v) is 11.3. The predicted molar refractivity (Wildman–Crippen MR) is 117 cm³/mol. The summed E-state index contributed by atoms with van der Waals surface area (Å²) in [4.78, 5) is 19.2. The molecule has 0 aliphatic heterocycles. The van der Waals surface area contributed by atoms with E-state index in [-0.39, 0.29) is 17.7 Å². The minimum Gasteiger partial charge on any atom is -0.504 e. The van der Waals surface area contributed by atoms with Crippen molar-refractivity contribution in [3.05, 3.63) is 39.8 Å². The third-order valence-electron chi connectivity index (χ3n) is 5.85. The van der Waals surface area contributed by atoms with Crippen LogP contribution in [0.5, 0.6) is 11.5 Å². The number of methoxy groups -OCH3 is 1. The third-order valence-corrected chi connectivity index (χ3v) is 7.05. The van der Waals surface area contributed by atoms with Gasteiger partial charge in [0.1, 0.15) is 5.00 Å². The van der Waals surface area contributed by atoms with Crippen LogP contribution in [0.4, 0.5) is 5.00 Å². The van der Waals surface area contributed by atoms with Crippen LogP contribution in [0.3, 0.4) is 0 Å². The van der Waals surface area contributed by atoms with Gasteiger partial charge in [-0.2, -0.15) is 0 Å². The van der Waals surface area contributed by atoms with Gasteiger partial charge in [0.2, 0.25) is 0 Å². The molecule has 0 saturated heterocycles. The summed E-state index contributed by atoms with van der Waals surface area (Å²) in [6.45, 7) is 0. The number of rotatable bonds is 5. The fraction of sp³-hybridized carbons (Fsp3) is 0.478. The zero-order valence-corrected chi connectivity index (χ0v) is 17.7. The summed E-state index contributed by atoms with van der Waals surface area (Å²) in [5.74, 6) is 0.541. The molecule has 0 bridgehead atoms. The van der Waals surface area contributed by atoms with E-state index in [9.17, 15) is 9.90 Å². The molecule has 1 amide bonds. The molecule has 1 saturated carbocycles. The number of phenolic OH excluding ortho intramolecular Hbond substituents is 1. The summed E-state index contributed by atoms with van der Waals surface area (Å²) >= 11 is 1.64. The Morgan fingerprint density at radius 2 is 2.00 bits per heavy atom. The molecule has 5 nitrogen and oxygen atoms in total. The molecule has 2 aliphatic rings. The monoisotopic (exact) mass is 412 g/mol. The van der Waals surface area contributed by atoms with Crippen molar-refractivity contribution in [3.8, 4) is 11.5 Å². The SMILES string of the molecule is COc1ccc(C=Nc2sc3c(c2C(=O)NC2CCCCC2)CCCC3)cc1O. The van der Waals surface area contributed by atoms with Gasteiger partial charge in [-0.05, 0) is 67.9 Å². The molecule has 0 radical (unpaired) electrons. The van der Waals surface area contributed by atoms with E-state index >= 15 is 0 Å². The highest BCUT2D eigenvalue weighted by Crippen LogP contribution is 2.40. The van der Waals surface area contributed by atoms with Crippen LogP contribution in [0, 0.1) is 0 Å². The molecule has 1 aromatic carbocycles. The lowest BCUT2D eigenvalue weighted by Gasteiger charge is -2.23. The van der Waals surface area contributed by atoms with Crippen LogP contribution in [0.25, 0.3) is 0 Å². The highest BCUT2D eigenvalue weighted by molar-refractivity contribution is 7.16. The van der Waals surface area contributed by atoms with Crippen LogP contribution in [0.15, 0.2) is 23.2 Å². The Balaban J connectivity index is 1.61. The topological polar surface area (TPSA) is 70.9 Å². The highest BCUT2D eigenvalue weighted by atomic mass is 32.1. The molecule has 4 rings (SSSR count). The summed E-state index contributed by atoms with van der Waals surface area (Å²) in [5.41, 5.74) is 2.73. The number of carbonyl (C=O) groups excluding carboxylic acids is 1. The van der Waals surface area contributed by atoms with Gasteiger partial charge in [-0.3, -0.25) is 4.79 Å². The first kappa shape index (κ1) is 20.0. The number of hydrogen-bond donors (Lipinski definition) is 2. The minimum absolute atomic E-state index is 0.0287. The number of hydrogen-bond acceptors (Lipinski definition) is 5. The Hall–Kier alpha value is -2.34. The number of nitrogens with zero attached hydrogens (tertiary/aromatic N) is 1. The first-order valence-electron chi connectivity index (χ1n) is 10.5. The smallest absolute Gasteiger partial charge is 0.254 e. The van der Waals surface area contributed by atoms with Gasteiger partial charge in [0.05, 0.1) is 12.7 Å². The fourth-order valence-electron chi connectivity index (χ4n) is 4.30. The van der Waals surface area contributed by atoms with Crippen molar-refractivity contribution in [1.29, 1.82) is 0 Å². The Bertz CT molecular complexity index is 913. The molecule has 2 aliphatic carbocycles. The van der Waals surface area contributed by atoms with Crippen molar-refractivity contribution in [1.82, 2.24) is 5.32 Å². The summed E-state index contributed by atoms with van der Waals surface area (Å²) in [6, 6.07) is 5.47. The standard InChI is InChI=1S/C23H28N2O3S/c1-28-19-12-11-15(13-18(19)26)14-24-23-21(17-9-5-6-10-20(17)29-23)22(27)25-16-7-3-2-4-8-16/h11-14,16,26H,2-10H2,1H3,(H,25,27). The van der Waals surface area contributed by atoms with E-state index in [1.807, 2.05) is 6.07 Å². The van der Waals surface area contributed by atoms with E-state index in [1.165, 1.54) is 43.2 Å². The molecule has 0 atom stereocenters. The number of aryl methyl sites for hydroxylation is 1. The number of aromatic hydroxyl groups is 1. The van der Waals surface area contributed by atoms with Gasteiger partial charge in [0.15, 0.2) is 11.5 Å². The molecule has 154 valence electrons. The molecule has 1 heterocycles. The van der Waals surface area contributed by atoms with Crippen LogP contribution >= 0.6 is 11.3 Å². The van der Waals surface area contributed by atoms with Gasteiger partial charge in [-0.25, -0.2) is 4.99 Å². The number of phenols is 1.